The third-order valence-electron chi connectivity index (χ3n) is 5.97. The normalized spacial score (nSPS) is 21.7. The lowest BCUT2D eigenvalue weighted by atomic mass is 9.94. The summed E-state index contributed by atoms with van der Waals surface area (Å²) in [5.74, 6) is -0.997. The van der Waals surface area contributed by atoms with Gasteiger partial charge in [0.05, 0.1) is 12.7 Å². The van der Waals surface area contributed by atoms with Gasteiger partial charge in [0.25, 0.3) is 0 Å². The monoisotopic (exact) mass is 446 g/mol. The largest absolute Gasteiger partial charge is 0.507 e. The van der Waals surface area contributed by atoms with Crippen LogP contribution in [0.15, 0.2) is 30.4 Å². The Morgan fingerprint density at radius 3 is 2.75 bits per heavy atom. The topological polar surface area (TPSA) is 93.1 Å². The van der Waals surface area contributed by atoms with Crippen molar-refractivity contribution in [2.24, 2.45) is 5.92 Å². The molecule has 1 heterocycles. The molecule has 0 bridgehead atoms. The zero-order valence-electron chi connectivity index (χ0n) is 19.4. The van der Waals surface area contributed by atoms with Crippen LogP contribution in [-0.2, 0) is 20.7 Å². The summed E-state index contributed by atoms with van der Waals surface area (Å²) in [4.78, 5) is 24.9. The number of carbonyl (C=O) groups is 2. The van der Waals surface area contributed by atoms with Crippen molar-refractivity contribution in [3.63, 3.8) is 0 Å². The van der Waals surface area contributed by atoms with Crippen LogP contribution in [0.3, 0.4) is 0 Å². The summed E-state index contributed by atoms with van der Waals surface area (Å²) < 4.78 is 11.0. The lowest BCUT2D eigenvalue weighted by Crippen LogP contribution is -2.29. The number of ether oxygens (including phenoxy) is 2. The summed E-state index contributed by atoms with van der Waals surface area (Å²) in [5.41, 5.74) is 0.836. The van der Waals surface area contributed by atoms with E-state index in [-0.39, 0.29) is 36.2 Å². The van der Waals surface area contributed by atoms with Crippen LogP contribution in [0.1, 0.15) is 87.6 Å². The number of rotatable bonds is 9. The smallest absolute Gasteiger partial charge is 0.342 e. The van der Waals surface area contributed by atoms with Crippen LogP contribution in [0.2, 0.25) is 0 Å². The molecule has 0 amide bonds. The number of aliphatic hydroxyl groups excluding tert-OH is 1. The molecule has 2 rings (SSSR count). The molecule has 0 aromatic heterocycles. The van der Waals surface area contributed by atoms with Gasteiger partial charge in [0.2, 0.25) is 0 Å². The van der Waals surface area contributed by atoms with Gasteiger partial charge in [-0.2, -0.15) is 0 Å². The molecule has 0 spiro atoms. The van der Waals surface area contributed by atoms with Gasteiger partial charge in [-0.15, -0.1) is 0 Å². The number of hydrogen-bond acceptors (Lipinski definition) is 6. The van der Waals surface area contributed by atoms with Crippen molar-refractivity contribution in [1.29, 1.82) is 0 Å². The summed E-state index contributed by atoms with van der Waals surface area (Å²) in [6.45, 7) is 4.23. The molecule has 6 heteroatoms. The SMILES string of the molecule is CCCCCCCC(=O)OCC[C@H]1C[C@@H](O)[C@@H](C)CC=CCc2cccc(O)c2C(=O)O1. The predicted octanol–water partition coefficient (Wildman–Crippen LogP) is 5.10. The molecule has 3 atom stereocenters. The Kier molecular flexibility index (Phi) is 11.3. The van der Waals surface area contributed by atoms with Gasteiger partial charge in [-0.3, -0.25) is 4.79 Å². The highest BCUT2D eigenvalue weighted by Gasteiger charge is 2.26. The zero-order chi connectivity index (χ0) is 23.3. The molecule has 1 aliphatic rings. The maximum absolute atomic E-state index is 12.9. The molecule has 1 aliphatic heterocycles. The highest BCUT2D eigenvalue weighted by atomic mass is 16.6. The van der Waals surface area contributed by atoms with E-state index in [9.17, 15) is 19.8 Å². The number of phenols is 1. The van der Waals surface area contributed by atoms with E-state index in [0.29, 0.717) is 31.2 Å². The number of fused-ring (bicyclic) bond motifs is 1. The van der Waals surface area contributed by atoms with Crippen molar-refractivity contribution >= 4 is 11.9 Å². The molecule has 0 saturated heterocycles. The molecule has 0 fully saturated rings. The van der Waals surface area contributed by atoms with Crippen molar-refractivity contribution in [2.75, 3.05) is 6.61 Å². The van der Waals surface area contributed by atoms with Gasteiger partial charge in [0.1, 0.15) is 17.4 Å². The minimum atomic E-state index is -0.657. The number of esters is 2. The Labute approximate surface area is 191 Å². The number of aliphatic hydroxyl groups is 1. The number of hydrogen-bond donors (Lipinski definition) is 2. The number of carbonyl (C=O) groups excluding carboxylic acids is 2. The molecule has 178 valence electrons. The summed E-state index contributed by atoms with van der Waals surface area (Å²) in [7, 11) is 0. The molecule has 6 nitrogen and oxygen atoms in total. The Morgan fingerprint density at radius 2 is 1.97 bits per heavy atom. The van der Waals surface area contributed by atoms with Crippen LogP contribution < -0.4 is 0 Å². The second-order valence-electron chi connectivity index (χ2n) is 8.70. The summed E-state index contributed by atoms with van der Waals surface area (Å²) in [6, 6.07) is 4.96. The molecule has 1 aromatic carbocycles. The Hall–Kier alpha value is -2.34. The summed E-state index contributed by atoms with van der Waals surface area (Å²) in [6.07, 6.45) is 10.1. The second-order valence-corrected chi connectivity index (χ2v) is 8.70. The molecule has 0 radical (unpaired) electrons. The van der Waals surface area contributed by atoms with Gasteiger partial charge in [0.15, 0.2) is 0 Å². The first kappa shape index (κ1) is 25.9. The average Bonchev–Trinajstić information content (AvgIpc) is 2.75. The minimum Gasteiger partial charge on any atom is -0.507 e. The van der Waals surface area contributed by atoms with Gasteiger partial charge in [-0.05, 0) is 36.8 Å². The molecule has 0 unspecified atom stereocenters. The van der Waals surface area contributed by atoms with E-state index in [1.807, 2.05) is 19.1 Å². The highest BCUT2D eigenvalue weighted by molar-refractivity contribution is 5.94. The van der Waals surface area contributed by atoms with Crippen molar-refractivity contribution in [3.8, 4) is 5.75 Å². The molecule has 0 saturated carbocycles. The van der Waals surface area contributed by atoms with Gasteiger partial charge >= 0.3 is 11.9 Å². The van der Waals surface area contributed by atoms with Gasteiger partial charge in [0, 0.05) is 19.3 Å². The standard InChI is InChI=1S/C26H38O6/c1-3-4-5-6-7-15-24(29)31-17-16-21-18-23(28)19(2)11-8-9-12-20-13-10-14-22(27)25(20)26(30)32-21/h8-10,13-14,19,21,23,27-28H,3-7,11-12,15-18H2,1-2H3/t19-,21-,23+/m0/s1. The first-order chi connectivity index (χ1) is 15.4. The van der Waals surface area contributed by atoms with E-state index in [2.05, 4.69) is 6.92 Å². The number of aromatic hydroxyl groups is 1. The summed E-state index contributed by atoms with van der Waals surface area (Å²) >= 11 is 0. The van der Waals surface area contributed by atoms with Crippen LogP contribution in [-0.4, -0.2) is 41.0 Å². The number of benzene rings is 1. The number of cyclic esters (lactones) is 1. The quantitative estimate of drug-likeness (QED) is 0.311. The van der Waals surface area contributed by atoms with E-state index < -0.39 is 18.2 Å². The summed E-state index contributed by atoms with van der Waals surface area (Å²) in [5, 5.41) is 20.8. The number of unbranched alkanes of at least 4 members (excludes halogenated alkanes) is 4. The Balaban J connectivity index is 1.99. The zero-order valence-corrected chi connectivity index (χ0v) is 19.4. The first-order valence-electron chi connectivity index (χ1n) is 11.9. The first-order valence-corrected chi connectivity index (χ1v) is 11.9. The van der Waals surface area contributed by atoms with Gasteiger partial charge in [-0.25, -0.2) is 4.79 Å². The molecule has 1 aromatic rings. The third kappa shape index (κ3) is 8.65. The lowest BCUT2D eigenvalue weighted by Gasteiger charge is -2.25. The van der Waals surface area contributed by atoms with Crippen LogP contribution >= 0.6 is 0 Å². The Bertz CT molecular complexity index is 757. The number of phenolic OH excluding ortho intramolecular Hbond substituents is 1. The fourth-order valence-corrected chi connectivity index (χ4v) is 3.86. The van der Waals surface area contributed by atoms with E-state index >= 15 is 0 Å². The van der Waals surface area contributed by atoms with E-state index in [1.54, 1.807) is 12.1 Å². The molecule has 32 heavy (non-hydrogen) atoms. The number of allylic oxidation sites excluding steroid dienone is 2. The Morgan fingerprint density at radius 1 is 1.19 bits per heavy atom. The van der Waals surface area contributed by atoms with Gasteiger partial charge < -0.3 is 19.7 Å². The molecule has 0 aliphatic carbocycles. The van der Waals surface area contributed by atoms with E-state index in [1.165, 1.54) is 12.5 Å². The maximum Gasteiger partial charge on any atom is 0.342 e. The third-order valence-corrected chi connectivity index (χ3v) is 5.97. The van der Waals surface area contributed by atoms with Crippen molar-refractivity contribution in [3.05, 3.63) is 41.5 Å². The van der Waals surface area contributed by atoms with Crippen LogP contribution in [0.25, 0.3) is 0 Å². The molecular weight excluding hydrogens is 408 g/mol. The van der Waals surface area contributed by atoms with Crippen molar-refractivity contribution in [1.82, 2.24) is 0 Å². The highest BCUT2D eigenvalue weighted by Crippen LogP contribution is 2.26. The lowest BCUT2D eigenvalue weighted by molar-refractivity contribution is -0.144. The minimum absolute atomic E-state index is 0.00111. The van der Waals surface area contributed by atoms with Crippen molar-refractivity contribution < 1.29 is 29.3 Å². The maximum atomic E-state index is 12.9. The molecule has 2 N–H and O–H groups in total. The van der Waals surface area contributed by atoms with Gasteiger partial charge in [-0.1, -0.05) is 63.8 Å². The average molecular weight is 447 g/mol. The van der Waals surface area contributed by atoms with Crippen LogP contribution in [0.4, 0.5) is 0 Å². The fraction of sp³-hybridized carbons (Fsp3) is 0.615. The molecular formula is C26H38O6. The van der Waals surface area contributed by atoms with E-state index in [0.717, 1.165) is 25.7 Å². The van der Waals surface area contributed by atoms with E-state index in [4.69, 9.17) is 9.47 Å². The fourth-order valence-electron chi connectivity index (χ4n) is 3.86. The van der Waals surface area contributed by atoms with Crippen LogP contribution in [0, 0.1) is 5.92 Å². The van der Waals surface area contributed by atoms with Crippen molar-refractivity contribution in [2.45, 2.75) is 90.3 Å². The second kappa shape index (κ2) is 13.9. The van der Waals surface area contributed by atoms with Crippen LogP contribution in [0.5, 0.6) is 5.75 Å². The predicted molar refractivity (Wildman–Crippen MR) is 124 cm³/mol.